The van der Waals surface area contributed by atoms with E-state index in [4.69, 9.17) is 4.74 Å². The maximum absolute atomic E-state index is 11.6. The summed E-state index contributed by atoms with van der Waals surface area (Å²) < 4.78 is 5.25. The number of carbonyl (C=O) groups excluding carboxylic acids is 1. The summed E-state index contributed by atoms with van der Waals surface area (Å²) >= 11 is 0. The van der Waals surface area contributed by atoms with E-state index in [9.17, 15) is 4.79 Å². The summed E-state index contributed by atoms with van der Waals surface area (Å²) in [5.74, 6) is 0.603. The monoisotopic (exact) mass is 183 g/mol. The molecule has 1 aliphatic heterocycles. The van der Waals surface area contributed by atoms with E-state index in [1.165, 1.54) is 12.8 Å². The Kier molecular flexibility index (Phi) is 2.28. The van der Waals surface area contributed by atoms with Gasteiger partial charge in [0, 0.05) is 0 Å². The molecule has 3 nitrogen and oxygen atoms in total. The first kappa shape index (κ1) is 9.00. The molecule has 1 saturated carbocycles. The van der Waals surface area contributed by atoms with Crippen LogP contribution in [-0.4, -0.2) is 24.7 Å². The average Bonchev–Trinajstić information content (AvgIpc) is 2.84. The minimum absolute atomic E-state index is 0.0584. The van der Waals surface area contributed by atoms with Gasteiger partial charge >= 0.3 is 5.97 Å². The van der Waals surface area contributed by atoms with E-state index in [1.54, 1.807) is 0 Å². The van der Waals surface area contributed by atoms with Crippen molar-refractivity contribution in [2.75, 3.05) is 13.2 Å². The molecule has 1 aliphatic carbocycles. The van der Waals surface area contributed by atoms with Gasteiger partial charge in [-0.2, -0.15) is 0 Å². The molecule has 2 aliphatic rings. The van der Waals surface area contributed by atoms with Crippen LogP contribution >= 0.6 is 0 Å². The second-order valence-corrected chi connectivity index (χ2v) is 4.40. The normalized spacial score (nSPS) is 33.3. The van der Waals surface area contributed by atoms with Gasteiger partial charge in [-0.25, -0.2) is 0 Å². The van der Waals surface area contributed by atoms with E-state index in [2.05, 4.69) is 5.32 Å². The Labute approximate surface area is 78.8 Å². The molecule has 0 aromatic carbocycles. The summed E-state index contributed by atoms with van der Waals surface area (Å²) in [4.78, 5) is 11.6. The van der Waals surface area contributed by atoms with Crippen molar-refractivity contribution in [3.8, 4) is 0 Å². The number of ether oxygens (including phenoxy) is 1. The Balaban J connectivity index is 1.80. The van der Waals surface area contributed by atoms with Gasteiger partial charge in [0.2, 0.25) is 0 Å². The molecule has 1 unspecified atom stereocenters. The minimum Gasteiger partial charge on any atom is -0.464 e. The average molecular weight is 183 g/mol. The van der Waals surface area contributed by atoms with Gasteiger partial charge in [0.15, 0.2) is 0 Å². The van der Waals surface area contributed by atoms with Crippen molar-refractivity contribution in [1.29, 1.82) is 0 Å². The second-order valence-electron chi connectivity index (χ2n) is 4.40. The third-order valence-corrected chi connectivity index (χ3v) is 2.97. The first-order valence-electron chi connectivity index (χ1n) is 5.13. The van der Waals surface area contributed by atoms with E-state index >= 15 is 0 Å². The smallest absolute Gasteiger partial charge is 0.326 e. The molecule has 3 heteroatoms. The van der Waals surface area contributed by atoms with Crippen molar-refractivity contribution in [1.82, 2.24) is 5.32 Å². The minimum atomic E-state index is -0.394. The lowest BCUT2D eigenvalue weighted by molar-refractivity contribution is -0.150. The van der Waals surface area contributed by atoms with Crippen molar-refractivity contribution >= 4 is 5.97 Å². The van der Waals surface area contributed by atoms with Crippen molar-refractivity contribution in [3.05, 3.63) is 0 Å². The molecule has 0 spiro atoms. The maximum atomic E-state index is 11.6. The Bertz CT molecular complexity index is 205. The number of carbonyl (C=O) groups is 1. The lowest BCUT2D eigenvalue weighted by Gasteiger charge is -2.21. The standard InChI is InChI=1S/C10H17NO2/c1-10(5-2-6-11-10)9(12)13-7-8-3-4-8/h8,11H,2-7H2,1H3. The van der Waals surface area contributed by atoms with Gasteiger partial charge in [0.05, 0.1) is 6.61 Å². The van der Waals surface area contributed by atoms with Gasteiger partial charge in [0.25, 0.3) is 0 Å². The van der Waals surface area contributed by atoms with Gasteiger partial charge in [-0.1, -0.05) is 0 Å². The van der Waals surface area contributed by atoms with Crippen LogP contribution in [0.5, 0.6) is 0 Å². The van der Waals surface area contributed by atoms with E-state index in [-0.39, 0.29) is 5.97 Å². The molecule has 13 heavy (non-hydrogen) atoms. The summed E-state index contributed by atoms with van der Waals surface area (Å²) in [6, 6.07) is 0. The molecule has 1 N–H and O–H groups in total. The predicted molar refractivity (Wildman–Crippen MR) is 49.3 cm³/mol. The van der Waals surface area contributed by atoms with E-state index in [0.29, 0.717) is 12.5 Å². The quantitative estimate of drug-likeness (QED) is 0.665. The highest BCUT2D eigenvalue weighted by Gasteiger charge is 2.38. The lowest BCUT2D eigenvalue weighted by Crippen LogP contribution is -2.45. The first-order chi connectivity index (χ1) is 6.21. The van der Waals surface area contributed by atoms with Crippen LogP contribution in [0.1, 0.15) is 32.6 Å². The molecule has 0 radical (unpaired) electrons. The Morgan fingerprint density at radius 1 is 1.62 bits per heavy atom. The van der Waals surface area contributed by atoms with Crippen molar-refractivity contribution < 1.29 is 9.53 Å². The molecule has 1 saturated heterocycles. The summed E-state index contributed by atoms with van der Waals surface area (Å²) in [7, 11) is 0. The van der Waals surface area contributed by atoms with Crippen LogP contribution in [0.3, 0.4) is 0 Å². The molecule has 74 valence electrons. The number of rotatable bonds is 3. The number of esters is 1. The highest BCUT2D eigenvalue weighted by atomic mass is 16.5. The Hall–Kier alpha value is -0.570. The highest BCUT2D eigenvalue weighted by Crippen LogP contribution is 2.29. The third kappa shape index (κ3) is 2.02. The predicted octanol–water partition coefficient (Wildman–Crippen LogP) is 1.08. The molecule has 0 bridgehead atoms. The highest BCUT2D eigenvalue weighted by molar-refractivity contribution is 5.80. The zero-order valence-electron chi connectivity index (χ0n) is 8.14. The van der Waals surface area contributed by atoms with Gasteiger partial charge in [-0.15, -0.1) is 0 Å². The maximum Gasteiger partial charge on any atom is 0.326 e. The molecular formula is C10H17NO2. The van der Waals surface area contributed by atoms with Gasteiger partial charge in [-0.3, -0.25) is 4.79 Å². The molecule has 0 amide bonds. The van der Waals surface area contributed by atoms with Crippen LogP contribution in [-0.2, 0) is 9.53 Å². The van der Waals surface area contributed by atoms with Crippen LogP contribution < -0.4 is 5.32 Å². The van der Waals surface area contributed by atoms with E-state index < -0.39 is 5.54 Å². The molecule has 1 heterocycles. The number of hydrogen-bond donors (Lipinski definition) is 1. The molecule has 0 aromatic rings. The molecular weight excluding hydrogens is 166 g/mol. The Morgan fingerprint density at radius 2 is 2.38 bits per heavy atom. The summed E-state index contributed by atoms with van der Waals surface area (Å²) in [5, 5.41) is 3.20. The molecule has 2 fully saturated rings. The van der Waals surface area contributed by atoms with Crippen molar-refractivity contribution in [2.45, 2.75) is 38.1 Å². The third-order valence-electron chi connectivity index (χ3n) is 2.97. The van der Waals surface area contributed by atoms with Crippen LogP contribution in [0.25, 0.3) is 0 Å². The topological polar surface area (TPSA) is 38.3 Å². The van der Waals surface area contributed by atoms with Crippen LogP contribution in [0.4, 0.5) is 0 Å². The first-order valence-corrected chi connectivity index (χ1v) is 5.13. The van der Waals surface area contributed by atoms with Gasteiger partial charge in [0.1, 0.15) is 5.54 Å². The van der Waals surface area contributed by atoms with Crippen LogP contribution in [0.2, 0.25) is 0 Å². The second kappa shape index (κ2) is 3.29. The van der Waals surface area contributed by atoms with Gasteiger partial charge in [-0.05, 0) is 45.1 Å². The van der Waals surface area contributed by atoms with Crippen LogP contribution in [0, 0.1) is 5.92 Å². The van der Waals surface area contributed by atoms with Crippen LogP contribution in [0.15, 0.2) is 0 Å². The largest absolute Gasteiger partial charge is 0.464 e. The summed E-state index contributed by atoms with van der Waals surface area (Å²) in [6.07, 6.45) is 4.46. The zero-order valence-corrected chi connectivity index (χ0v) is 8.14. The lowest BCUT2D eigenvalue weighted by atomic mass is 10.0. The molecule has 2 rings (SSSR count). The fourth-order valence-electron chi connectivity index (χ4n) is 1.71. The SMILES string of the molecule is CC1(C(=O)OCC2CC2)CCCN1. The molecule has 1 atom stereocenters. The molecule has 0 aromatic heterocycles. The fraction of sp³-hybridized carbons (Fsp3) is 0.900. The fourth-order valence-corrected chi connectivity index (χ4v) is 1.71. The number of nitrogens with one attached hydrogen (secondary N) is 1. The van der Waals surface area contributed by atoms with E-state index in [0.717, 1.165) is 19.4 Å². The number of hydrogen-bond acceptors (Lipinski definition) is 3. The summed E-state index contributed by atoms with van der Waals surface area (Å²) in [5.41, 5.74) is -0.394. The Morgan fingerprint density at radius 3 is 2.92 bits per heavy atom. The van der Waals surface area contributed by atoms with Gasteiger partial charge < -0.3 is 10.1 Å². The summed E-state index contributed by atoms with van der Waals surface area (Å²) in [6.45, 7) is 3.51. The van der Waals surface area contributed by atoms with Crippen molar-refractivity contribution in [2.24, 2.45) is 5.92 Å². The van der Waals surface area contributed by atoms with Crippen molar-refractivity contribution in [3.63, 3.8) is 0 Å². The zero-order chi connectivity index (χ0) is 9.31. The van der Waals surface area contributed by atoms with E-state index in [1.807, 2.05) is 6.92 Å².